The quantitative estimate of drug-likeness (QED) is 0.401. The molecular weight excluding hydrogens is 435 g/mol. The van der Waals surface area contributed by atoms with Gasteiger partial charge in [-0.3, -0.25) is 9.78 Å². The number of benzene rings is 2. The number of carbonyl (C=O) groups is 1. The molecule has 2 aromatic carbocycles. The van der Waals surface area contributed by atoms with Gasteiger partial charge in [0, 0.05) is 23.5 Å². The van der Waals surface area contributed by atoms with E-state index in [0.717, 1.165) is 12.3 Å². The van der Waals surface area contributed by atoms with Gasteiger partial charge in [-0.25, -0.2) is 0 Å². The van der Waals surface area contributed by atoms with Gasteiger partial charge in [0.15, 0.2) is 11.5 Å². The zero-order valence-corrected chi connectivity index (χ0v) is 16.6. The molecule has 1 aromatic heterocycles. The first-order valence-electron chi connectivity index (χ1n) is 9.02. The zero-order valence-electron chi connectivity index (χ0n) is 15.9. The van der Waals surface area contributed by atoms with E-state index in [2.05, 4.69) is 15.6 Å². The molecular formula is C21H17ClF3N3O3. The third-order valence-corrected chi connectivity index (χ3v) is 4.53. The van der Waals surface area contributed by atoms with E-state index in [1.54, 1.807) is 6.07 Å². The van der Waals surface area contributed by atoms with Gasteiger partial charge >= 0.3 is 6.18 Å². The average molecular weight is 452 g/mol. The second kappa shape index (κ2) is 9.13. The van der Waals surface area contributed by atoms with Crippen molar-refractivity contribution >= 4 is 28.9 Å². The summed E-state index contributed by atoms with van der Waals surface area (Å²) in [4.78, 5) is 16.0. The molecule has 31 heavy (non-hydrogen) atoms. The average Bonchev–Trinajstić information content (AvgIpc) is 2.71. The highest BCUT2D eigenvalue weighted by atomic mass is 35.5. The summed E-state index contributed by atoms with van der Waals surface area (Å²) < 4.78 is 38.7. The van der Waals surface area contributed by atoms with Crippen molar-refractivity contribution in [1.29, 1.82) is 0 Å². The molecule has 0 aliphatic carbocycles. The van der Waals surface area contributed by atoms with Crippen molar-refractivity contribution in [3.8, 4) is 11.5 Å². The number of hydrogen-bond donors (Lipinski definition) is 4. The van der Waals surface area contributed by atoms with E-state index in [1.165, 1.54) is 36.4 Å². The molecule has 3 aromatic rings. The van der Waals surface area contributed by atoms with Crippen molar-refractivity contribution in [2.45, 2.75) is 12.6 Å². The van der Waals surface area contributed by atoms with Gasteiger partial charge in [0.1, 0.15) is 5.69 Å². The van der Waals surface area contributed by atoms with E-state index in [4.69, 9.17) is 11.6 Å². The van der Waals surface area contributed by atoms with Gasteiger partial charge in [-0.2, -0.15) is 13.2 Å². The lowest BCUT2D eigenvalue weighted by atomic mass is 10.1. The predicted molar refractivity (Wildman–Crippen MR) is 110 cm³/mol. The number of phenolic OH excluding ortho intramolecular Hbond substituents is 2. The molecule has 0 spiro atoms. The van der Waals surface area contributed by atoms with E-state index in [9.17, 15) is 28.2 Å². The Morgan fingerprint density at radius 1 is 1.03 bits per heavy atom. The number of pyridine rings is 1. The summed E-state index contributed by atoms with van der Waals surface area (Å²) in [6.07, 6.45) is -3.20. The Morgan fingerprint density at radius 3 is 2.52 bits per heavy atom. The van der Waals surface area contributed by atoms with E-state index >= 15 is 0 Å². The lowest BCUT2D eigenvalue weighted by Gasteiger charge is -2.14. The van der Waals surface area contributed by atoms with Crippen molar-refractivity contribution in [2.24, 2.45) is 0 Å². The van der Waals surface area contributed by atoms with E-state index in [-0.39, 0.29) is 40.0 Å². The minimum Gasteiger partial charge on any atom is -0.504 e. The highest BCUT2D eigenvalue weighted by Crippen LogP contribution is 2.31. The zero-order chi connectivity index (χ0) is 22.6. The first-order valence-corrected chi connectivity index (χ1v) is 9.40. The standard InChI is InChI=1S/C21H17ClF3N3O3/c22-13-2-3-16(28-14-6-8-26-19(11-14)21(23,24)25)15(10-13)20(31)27-7-5-12-1-4-17(29)18(30)9-12/h1-4,6,8-11,29-30H,5,7H2,(H,26,28)(H,27,31). The molecule has 0 atom stereocenters. The van der Waals surface area contributed by atoms with Crippen LogP contribution in [0.1, 0.15) is 21.6 Å². The molecule has 4 N–H and O–H groups in total. The monoisotopic (exact) mass is 451 g/mol. The van der Waals surface area contributed by atoms with Gasteiger partial charge in [-0.05, 0) is 54.4 Å². The number of phenols is 2. The van der Waals surface area contributed by atoms with Gasteiger partial charge in [-0.1, -0.05) is 17.7 Å². The van der Waals surface area contributed by atoms with Crippen LogP contribution in [0, 0.1) is 0 Å². The number of halogens is 4. The fraction of sp³-hybridized carbons (Fsp3) is 0.143. The van der Waals surface area contributed by atoms with Gasteiger partial charge < -0.3 is 20.8 Å². The third-order valence-electron chi connectivity index (χ3n) is 4.29. The molecule has 3 rings (SSSR count). The summed E-state index contributed by atoms with van der Waals surface area (Å²) in [6.45, 7) is 0.211. The maximum Gasteiger partial charge on any atom is 0.433 e. The molecule has 0 saturated heterocycles. The van der Waals surface area contributed by atoms with Crippen LogP contribution in [-0.2, 0) is 12.6 Å². The lowest BCUT2D eigenvalue weighted by molar-refractivity contribution is -0.141. The SMILES string of the molecule is O=C(NCCc1ccc(O)c(O)c1)c1cc(Cl)ccc1Nc1ccnc(C(F)(F)F)c1. The van der Waals surface area contributed by atoms with Gasteiger partial charge in [0.05, 0.1) is 11.3 Å². The number of rotatable bonds is 6. The molecule has 6 nitrogen and oxygen atoms in total. The highest BCUT2D eigenvalue weighted by Gasteiger charge is 2.32. The third kappa shape index (κ3) is 5.79. The maximum absolute atomic E-state index is 12.9. The van der Waals surface area contributed by atoms with Gasteiger partial charge in [0.2, 0.25) is 0 Å². The number of anilines is 2. The van der Waals surface area contributed by atoms with Crippen molar-refractivity contribution in [3.05, 3.63) is 76.6 Å². The summed E-state index contributed by atoms with van der Waals surface area (Å²) >= 11 is 5.99. The van der Waals surface area contributed by atoms with Gasteiger partial charge in [-0.15, -0.1) is 0 Å². The lowest BCUT2D eigenvalue weighted by Crippen LogP contribution is -2.26. The smallest absolute Gasteiger partial charge is 0.433 e. The van der Waals surface area contributed by atoms with Crippen molar-refractivity contribution in [2.75, 3.05) is 11.9 Å². The molecule has 0 aliphatic rings. The molecule has 0 unspecified atom stereocenters. The molecule has 0 bridgehead atoms. The van der Waals surface area contributed by atoms with E-state index < -0.39 is 17.8 Å². The minimum atomic E-state index is -4.60. The summed E-state index contributed by atoms with van der Waals surface area (Å²) in [6, 6.07) is 10.9. The Hall–Kier alpha value is -3.46. The van der Waals surface area contributed by atoms with E-state index in [1.807, 2.05) is 0 Å². The molecule has 0 aliphatic heterocycles. The van der Waals surface area contributed by atoms with Crippen molar-refractivity contribution in [1.82, 2.24) is 10.3 Å². The van der Waals surface area contributed by atoms with Crippen LogP contribution in [0.4, 0.5) is 24.5 Å². The Balaban J connectivity index is 1.73. The fourth-order valence-corrected chi connectivity index (χ4v) is 2.94. The first-order chi connectivity index (χ1) is 14.6. The largest absolute Gasteiger partial charge is 0.504 e. The van der Waals surface area contributed by atoms with Crippen molar-refractivity contribution in [3.63, 3.8) is 0 Å². The molecule has 0 radical (unpaired) electrons. The Morgan fingerprint density at radius 2 is 1.81 bits per heavy atom. The molecule has 1 heterocycles. The van der Waals surface area contributed by atoms with Crippen LogP contribution in [0.2, 0.25) is 5.02 Å². The van der Waals surface area contributed by atoms with Crippen molar-refractivity contribution < 1.29 is 28.2 Å². The number of nitrogens with zero attached hydrogens (tertiary/aromatic N) is 1. The topological polar surface area (TPSA) is 94.5 Å². The number of hydrogen-bond acceptors (Lipinski definition) is 5. The number of nitrogens with one attached hydrogen (secondary N) is 2. The first kappa shape index (κ1) is 22.2. The molecule has 1 amide bonds. The van der Waals surface area contributed by atoms with Crippen LogP contribution in [0.25, 0.3) is 0 Å². The fourth-order valence-electron chi connectivity index (χ4n) is 2.77. The minimum absolute atomic E-state index is 0.110. The maximum atomic E-state index is 12.9. The number of aromatic hydroxyl groups is 2. The highest BCUT2D eigenvalue weighted by molar-refractivity contribution is 6.31. The van der Waals surface area contributed by atoms with Crippen LogP contribution in [-0.4, -0.2) is 27.6 Å². The number of carbonyl (C=O) groups excluding carboxylic acids is 1. The molecule has 162 valence electrons. The summed E-state index contributed by atoms with van der Waals surface area (Å²) in [5.41, 5.74) is 0.152. The predicted octanol–water partition coefficient (Wildman–Crippen LogP) is 4.88. The van der Waals surface area contributed by atoms with Crippen LogP contribution in [0.3, 0.4) is 0 Å². The molecule has 0 saturated carbocycles. The number of alkyl halides is 3. The van der Waals surface area contributed by atoms with E-state index in [0.29, 0.717) is 12.0 Å². The number of amides is 1. The second-order valence-electron chi connectivity index (χ2n) is 6.57. The Kier molecular flexibility index (Phi) is 6.55. The van der Waals surface area contributed by atoms with Crippen LogP contribution >= 0.6 is 11.6 Å². The van der Waals surface area contributed by atoms with Gasteiger partial charge in [0.25, 0.3) is 5.91 Å². The summed E-state index contributed by atoms with van der Waals surface area (Å²) in [7, 11) is 0. The summed E-state index contributed by atoms with van der Waals surface area (Å²) in [5, 5.41) is 24.6. The molecule has 0 fully saturated rings. The number of aromatic nitrogens is 1. The normalized spacial score (nSPS) is 11.2. The molecule has 10 heteroatoms. The Labute approximate surface area is 180 Å². The Bertz CT molecular complexity index is 1110. The second-order valence-corrected chi connectivity index (χ2v) is 7.01. The summed E-state index contributed by atoms with van der Waals surface area (Å²) in [5.74, 6) is -0.994. The van der Waals surface area contributed by atoms with Crippen LogP contribution in [0.5, 0.6) is 11.5 Å². The van der Waals surface area contributed by atoms with Crippen LogP contribution < -0.4 is 10.6 Å². The van der Waals surface area contributed by atoms with Crippen LogP contribution in [0.15, 0.2) is 54.7 Å².